The Balaban J connectivity index is 1.47. The highest BCUT2D eigenvalue weighted by Crippen LogP contribution is 2.34. The predicted molar refractivity (Wildman–Crippen MR) is 85.4 cm³/mol. The van der Waals surface area contributed by atoms with Gasteiger partial charge < -0.3 is 10.6 Å². The summed E-state index contributed by atoms with van der Waals surface area (Å²) in [6.45, 7) is 0.848. The zero-order valence-corrected chi connectivity index (χ0v) is 13.2. The van der Waals surface area contributed by atoms with Crippen LogP contribution in [-0.4, -0.2) is 45.4 Å². The van der Waals surface area contributed by atoms with Gasteiger partial charge in [-0.15, -0.1) is 0 Å². The molecule has 2 aliphatic rings. The van der Waals surface area contributed by atoms with Gasteiger partial charge in [0.2, 0.25) is 0 Å². The number of aromatic nitrogens is 1. The molecule has 1 saturated carbocycles. The number of pyridine rings is 1. The monoisotopic (exact) mass is 333 g/mol. The molecule has 0 radical (unpaired) electrons. The van der Waals surface area contributed by atoms with Gasteiger partial charge in [0.25, 0.3) is 11.6 Å². The lowest BCUT2D eigenvalue weighted by atomic mass is 9.98. The Morgan fingerprint density at radius 1 is 1.33 bits per heavy atom. The van der Waals surface area contributed by atoms with Crippen molar-refractivity contribution < 1.29 is 14.5 Å². The normalized spacial score (nSPS) is 18.9. The van der Waals surface area contributed by atoms with Crippen LogP contribution in [0.15, 0.2) is 18.3 Å². The van der Waals surface area contributed by atoms with Gasteiger partial charge in [-0.1, -0.05) is 12.8 Å². The Bertz CT molecular complexity index is 654. The van der Waals surface area contributed by atoms with Crippen LogP contribution in [0.5, 0.6) is 0 Å². The molecule has 1 aliphatic heterocycles. The van der Waals surface area contributed by atoms with E-state index in [-0.39, 0.29) is 17.6 Å². The van der Waals surface area contributed by atoms with Crippen LogP contribution in [0.3, 0.4) is 0 Å². The van der Waals surface area contributed by atoms with Crippen LogP contribution < -0.4 is 10.6 Å². The summed E-state index contributed by atoms with van der Waals surface area (Å²) >= 11 is 0. The first kappa shape index (κ1) is 16.2. The van der Waals surface area contributed by atoms with E-state index in [1.165, 1.54) is 23.2 Å². The molecule has 0 unspecified atom stereocenters. The summed E-state index contributed by atoms with van der Waals surface area (Å²) in [6.07, 6.45) is 5.13. The minimum Gasteiger partial charge on any atom is -0.370 e. The number of nitrogens with zero attached hydrogens (tertiary/aromatic N) is 3. The Kier molecular flexibility index (Phi) is 4.32. The molecule has 2 N–H and O–H groups in total. The topological polar surface area (TPSA) is 117 Å². The van der Waals surface area contributed by atoms with E-state index in [0.717, 1.165) is 25.7 Å². The summed E-state index contributed by atoms with van der Waals surface area (Å²) in [6, 6.07) is 2.59. The van der Waals surface area contributed by atoms with Crippen LogP contribution in [-0.2, 0) is 4.79 Å². The van der Waals surface area contributed by atoms with E-state index in [9.17, 15) is 19.7 Å². The van der Waals surface area contributed by atoms with E-state index in [2.05, 4.69) is 15.6 Å². The van der Waals surface area contributed by atoms with Crippen molar-refractivity contribution >= 4 is 23.4 Å². The highest BCUT2D eigenvalue weighted by Gasteiger charge is 2.51. The number of urea groups is 1. The Labute approximate surface area is 138 Å². The fourth-order valence-corrected chi connectivity index (χ4v) is 3.25. The number of imide groups is 1. The third-order valence-corrected chi connectivity index (χ3v) is 4.53. The molecule has 3 rings (SSSR count). The molecule has 1 saturated heterocycles. The summed E-state index contributed by atoms with van der Waals surface area (Å²) < 4.78 is 0. The zero-order chi connectivity index (χ0) is 17.2. The molecule has 1 aliphatic carbocycles. The van der Waals surface area contributed by atoms with Gasteiger partial charge in [-0.2, -0.15) is 0 Å². The highest BCUT2D eigenvalue weighted by molar-refractivity contribution is 6.07. The summed E-state index contributed by atoms with van der Waals surface area (Å²) in [4.78, 5) is 39.7. The third-order valence-electron chi connectivity index (χ3n) is 4.53. The second-order valence-corrected chi connectivity index (χ2v) is 6.12. The van der Waals surface area contributed by atoms with E-state index in [4.69, 9.17) is 0 Å². The van der Waals surface area contributed by atoms with Crippen molar-refractivity contribution in [1.29, 1.82) is 0 Å². The van der Waals surface area contributed by atoms with Crippen LogP contribution in [0.25, 0.3) is 0 Å². The minimum atomic E-state index is -0.662. The number of nitro groups is 1. The van der Waals surface area contributed by atoms with E-state index in [1.54, 1.807) is 0 Å². The zero-order valence-electron chi connectivity index (χ0n) is 13.2. The van der Waals surface area contributed by atoms with Gasteiger partial charge in [-0.3, -0.25) is 19.8 Å². The largest absolute Gasteiger partial charge is 0.370 e. The molecule has 1 aromatic heterocycles. The van der Waals surface area contributed by atoms with Gasteiger partial charge in [-0.05, 0) is 25.3 Å². The molecule has 1 spiro atoms. The Morgan fingerprint density at radius 2 is 2.08 bits per heavy atom. The van der Waals surface area contributed by atoms with Gasteiger partial charge >= 0.3 is 6.03 Å². The molecule has 1 aromatic rings. The summed E-state index contributed by atoms with van der Waals surface area (Å²) in [5.74, 6) is 0.406. The van der Waals surface area contributed by atoms with Crippen LogP contribution in [0.1, 0.15) is 32.1 Å². The van der Waals surface area contributed by atoms with Crippen molar-refractivity contribution in [1.82, 2.24) is 15.2 Å². The summed E-state index contributed by atoms with van der Waals surface area (Å²) in [7, 11) is 0. The Morgan fingerprint density at radius 3 is 2.71 bits per heavy atom. The fraction of sp³-hybridized carbons (Fsp3) is 0.533. The van der Waals surface area contributed by atoms with E-state index in [1.807, 2.05) is 0 Å². The first-order valence-electron chi connectivity index (χ1n) is 8.00. The summed E-state index contributed by atoms with van der Waals surface area (Å²) in [5.41, 5.74) is -0.730. The minimum absolute atomic E-state index is 0.0678. The first-order valence-corrected chi connectivity index (χ1v) is 8.00. The molecule has 2 fully saturated rings. The molecule has 0 bridgehead atoms. The number of rotatable bonds is 6. The van der Waals surface area contributed by atoms with Crippen LogP contribution >= 0.6 is 0 Å². The number of amides is 3. The second-order valence-electron chi connectivity index (χ2n) is 6.12. The summed E-state index contributed by atoms with van der Waals surface area (Å²) in [5, 5.41) is 16.4. The van der Waals surface area contributed by atoms with Gasteiger partial charge in [0.05, 0.1) is 4.92 Å². The average molecular weight is 333 g/mol. The van der Waals surface area contributed by atoms with Crippen LogP contribution in [0, 0.1) is 10.1 Å². The van der Waals surface area contributed by atoms with Crippen molar-refractivity contribution in [2.75, 3.05) is 18.4 Å². The SMILES string of the molecule is O=C1NC2(CCCC2)C(=O)N1CCCNc1ccc([N+](=O)[O-])cn1. The molecule has 128 valence electrons. The molecule has 9 nitrogen and oxygen atoms in total. The lowest BCUT2D eigenvalue weighted by molar-refractivity contribution is -0.385. The van der Waals surface area contributed by atoms with Gasteiger partial charge in [-0.25, -0.2) is 9.78 Å². The predicted octanol–water partition coefficient (Wildman–Crippen LogP) is 1.66. The van der Waals surface area contributed by atoms with Crippen molar-refractivity contribution in [2.45, 2.75) is 37.6 Å². The number of anilines is 1. The molecule has 0 aromatic carbocycles. The van der Waals surface area contributed by atoms with Crippen molar-refractivity contribution in [3.8, 4) is 0 Å². The first-order chi connectivity index (χ1) is 11.5. The standard InChI is InChI=1S/C15H19N5O4/c21-13-15(6-1-2-7-15)18-14(22)19(13)9-3-8-16-12-5-4-11(10-17-12)20(23)24/h4-5,10H,1-3,6-9H2,(H,16,17)(H,18,22). The number of hydrogen-bond donors (Lipinski definition) is 2. The lowest BCUT2D eigenvalue weighted by Crippen LogP contribution is -2.44. The third kappa shape index (κ3) is 3.01. The Hall–Kier alpha value is -2.71. The maximum Gasteiger partial charge on any atom is 0.325 e. The number of nitrogens with one attached hydrogen (secondary N) is 2. The molecular weight excluding hydrogens is 314 g/mol. The lowest BCUT2D eigenvalue weighted by Gasteiger charge is -2.20. The van der Waals surface area contributed by atoms with Crippen molar-refractivity contribution in [2.24, 2.45) is 0 Å². The number of carbonyl (C=O) groups excluding carboxylic acids is 2. The molecule has 2 heterocycles. The maximum atomic E-state index is 12.5. The van der Waals surface area contributed by atoms with Gasteiger partial charge in [0.1, 0.15) is 17.6 Å². The molecule has 24 heavy (non-hydrogen) atoms. The highest BCUT2D eigenvalue weighted by atomic mass is 16.6. The number of carbonyl (C=O) groups is 2. The van der Waals surface area contributed by atoms with E-state index in [0.29, 0.717) is 25.3 Å². The van der Waals surface area contributed by atoms with E-state index < -0.39 is 10.5 Å². The molecule has 3 amide bonds. The molecular formula is C15H19N5O4. The second kappa shape index (κ2) is 6.42. The molecule has 0 atom stereocenters. The number of hydrogen-bond acceptors (Lipinski definition) is 6. The average Bonchev–Trinajstić information content (AvgIpc) is 3.12. The fourth-order valence-electron chi connectivity index (χ4n) is 3.25. The van der Waals surface area contributed by atoms with Crippen LogP contribution in [0.2, 0.25) is 0 Å². The maximum absolute atomic E-state index is 12.5. The van der Waals surface area contributed by atoms with Crippen molar-refractivity contribution in [3.63, 3.8) is 0 Å². The van der Waals surface area contributed by atoms with Crippen LogP contribution in [0.4, 0.5) is 16.3 Å². The van der Waals surface area contributed by atoms with Gasteiger partial charge in [0, 0.05) is 19.2 Å². The van der Waals surface area contributed by atoms with E-state index >= 15 is 0 Å². The quantitative estimate of drug-likeness (QED) is 0.354. The van der Waals surface area contributed by atoms with Gasteiger partial charge in [0.15, 0.2) is 0 Å². The smallest absolute Gasteiger partial charge is 0.325 e. The molecule has 9 heteroatoms. The van der Waals surface area contributed by atoms with Crippen molar-refractivity contribution in [3.05, 3.63) is 28.4 Å².